The molecule has 0 bridgehead atoms. The van der Waals surface area contributed by atoms with Gasteiger partial charge < -0.3 is 19.7 Å². The van der Waals surface area contributed by atoms with E-state index in [1.54, 1.807) is 12.1 Å². The van der Waals surface area contributed by atoms with E-state index in [1.165, 1.54) is 7.11 Å². The fourth-order valence-electron chi connectivity index (χ4n) is 3.15. The molecule has 2 unspecified atom stereocenters. The van der Waals surface area contributed by atoms with Gasteiger partial charge in [-0.3, -0.25) is 0 Å². The molecule has 1 aliphatic rings. The molecule has 1 aliphatic heterocycles. The molecule has 2 rings (SSSR count). The summed E-state index contributed by atoms with van der Waals surface area (Å²) in [6, 6.07) is 7.51. The van der Waals surface area contributed by atoms with Crippen LogP contribution in [0, 0.1) is 0 Å². The predicted molar refractivity (Wildman–Crippen MR) is 95.8 cm³/mol. The van der Waals surface area contributed by atoms with Crippen LogP contribution in [-0.2, 0) is 9.47 Å². The Morgan fingerprint density at radius 3 is 2.36 bits per heavy atom. The molecule has 138 valence electrons. The zero-order valence-corrected chi connectivity index (χ0v) is 15.7. The summed E-state index contributed by atoms with van der Waals surface area (Å²) < 4.78 is 10.1. The van der Waals surface area contributed by atoms with E-state index < -0.39 is 5.60 Å². The van der Waals surface area contributed by atoms with Crippen molar-refractivity contribution in [1.29, 1.82) is 0 Å². The average Bonchev–Trinajstić information content (AvgIpc) is 2.51. The molecule has 1 amide bonds. The van der Waals surface area contributed by atoms with Gasteiger partial charge in [0.1, 0.15) is 5.60 Å². The van der Waals surface area contributed by atoms with Gasteiger partial charge in [0.2, 0.25) is 0 Å². The van der Waals surface area contributed by atoms with Gasteiger partial charge in [-0.1, -0.05) is 12.1 Å². The van der Waals surface area contributed by atoms with Crippen LogP contribution in [0.1, 0.15) is 49.0 Å². The highest BCUT2D eigenvalue weighted by molar-refractivity contribution is 5.89. The number of ether oxygens (including phenoxy) is 2. The second-order valence-electron chi connectivity index (χ2n) is 7.61. The maximum atomic E-state index is 12.0. The fourth-order valence-corrected chi connectivity index (χ4v) is 3.15. The lowest BCUT2D eigenvalue weighted by Gasteiger charge is -2.36. The molecule has 0 aromatic heterocycles. The van der Waals surface area contributed by atoms with E-state index in [0.717, 1.165) is 25.1 Å². The number of esters is 1. The maximum absolute atomic E-state index is 12.0. The van der Waals surface area contributed by atoms with Crippen LogP contribution in [0.25, 0.3) is 0 Å². The highest BCUT2D eigenvalue weighted by Crippen LogP contribution is 2.27. The molecule has 6 heteroatoms. The van der Waals surface area contributed by atoms with Gasteiger partial charge in [-0.05, 0) is 57.9 Å². The van der Waals surface area contributed by atoms with E-state index >= 15 is 0 Å². The van der Waals surface area contributed by atoms with E-state index in [-0.39, 0.29) is 24.0 Å². The number of benzene rings is 1. The Hall–Kier alpha value is -2.08. The maximum Gasteiger partial charge on any atom is 0.407 e. The summed E-state index contributed by atoms with van der Waals surface area (Å²) in [6.07, 6.45) is 0.453. The number of methoxy groups -OCH3 is 1. The standard InChI is InChI=1S/C19H28N2O4/c1-19(2,3)25-18(23)20-16-10-15(11-21(4)12-16)13-6-8-14(9-7-13)17(22)24-5/h6-9,15-16H,10-12H2,1-5H3,(H,20,23). The van der Waals surface area contributed by atoms with Gasteiger partial charge in [-0.2, -0.15) is 0 Å². The van der Waals surface area contributed by atoms with Gasteiger partial charge in [0.15, 0.2) is 0 Å². The van der Waals surface area contributed by atoms with Crippen LogP contribution in [0.2, 0.25) is 0 Å². The fraction of sp³-hybridized carbons (Fsp3) is 0.579. The number of carbonyl (C=O) groups is 2. The topological polar surface area (TPSA) is 67.9 Å². The quantitative estimate of drug-likeness (QED) is 0.851. The SMILES string of the molecule is COC(=O)c1ccc(C2CC(NC(=O)OC(C)(C)C)CN(C)C2)cc1. The first kappa shape index (κ1) is 19.2. The monoisotopic (exact) mass is 348 g/mol. The summed E-state index contributed by atoms with van der Waals surface area (Å²) in [5, 5.41) is 2.97. The minimum absolute atomic E-state index is 0.0267. The Balaban J connectivity index is 2.02. The van der Waals surface area contributed by atoms with E-state index in [1.807, 2.05) is 40.0 Å². The lowest BCUT2D eigenvalue weighted by atomic mass is 9.88. The molecule has 1 aromatic rings. The molecule has 1 fully saturated rings. The number of amides is 1. The molecule has 0 saturated carbocycles. The van der Waals surface area contributed by atoms with Gasteiger partial charge in [-0.15, -0.1) is 0 Å². The summed E-state index contributed by atoms with van der Waals surface area (Å²) >= 11 is 0. The van der Waals surface area contributed by atoms with Gasteiger partial charge >= 0.3 is 12.1 Å². The molecule has 0 aliphatic carbocycles. The number of hydrogen-bond acceptors (Lipinski definition) is 5. The molecule has 1 aromatic carbocycles. The third-order valence-electron chi connectivity index (χ3n) is 4.16. The van der Waals surface area contributed by atoms with E-state index in [9.17, 15) is 9.59 Å². The van der Waals surface area contributed by atoms with Gasteiger partial charge in [-0.25, -0.2) is 9.59 Å². The number of carbonyl (C=O) groups excluding carboxylic acids is 2. The molecule has 6 nitrogen and oxygen atoms in total. The van der Waals surface area contributed by atoms with Crippen LogP contribution in [0.4, 0.5) is 4.79 Å². The Bertz CT molecular complexity index is 607. The van der Waals surface area contributed by atoms with E-state index in [4.69, 9.17) is 9.47 Å². The highest BCUT2D eigenvalue weighted by atomic mass is 16.6. The third-order valence-corrected chi connectivity index (χ3v) is 4.16. The molecule has 0 spiro atoms. The van der Waals surface area contributed by atoms with Crippen molar-refractivity contribution in [2.75, 3.05) is 27.2 Å². The summed E-state index contributed by atoms with van der Waals surface area (Å²) in [6.45, 7) is 7.25. The average molecular weight is 348 g/mol. The van der Waals surface area contributed by atoms with E-state index in [0.29, 0.717) is 5.56 Å². The number of alkyl carbamates (subject to hydrolysis) is 1. The van der Waals surface area contributed by atoms with Crippen LogP contribution in [0.15, 0.2) is 24.3 Å². The number of nitrogens with zero attached hydrogens (tertiary/aromatic N) is 1. The van der Waals surface area contributed by atoms with Crippen molar-refractivity contribution in [2.45, 2.75) is 44.8 Å². The Kier molecular flexibility index (Phi) is 6.06. The molecular weight excluding hydrogens is 320 g/mol. The summed E-state index contributed by atoms with van der Waals surface area (Å²) in [4.78, 5) is 25.8. The predicted octanol–water partition coefficient (Wildman–Crippen LogP) is 2.79. The summed E-state index contributed by atoms with van der Waals surface area (Å²) in [7, 11) is 3.41. The second kappa shape index (κ2) is 7.87. The molecular formula is C19H28N2O4. The lowest BCUT2D eigenvalue weighted by molar-refractivity contribution is 0.0472. The second-order valence-corrected chi connectivity index (χ2v) is 7.61. The molecule has 1 saturated heterocycles. The number of piperidine rings is 1. The van der Waals surface area contributed by atoms with Crippen molar-refractivity contribution in [3.63, 3.8) is 0 Å². The highest BCUT2D eigenvalue weighted by Gasteiger charge is 2.29. The first-order valence-electron chi connectivity index (χ1n) is 8.54. The lowest BCUT2D eigenvalue weighted by Crippen LogP contribution is -2.49. The first-order chi connectivity index (χ1) is 11.7. The zero-order valence-electron chi connectivity index (χ0n) is 15.7. The minimum atomic E-state index is -0.506. The van der Waals surface area contributed by atoms with Crippen molar-refractivity contribution in [2.24, 2.45) is 0 Å². The van der Waals surface area contributed by atoms with Crippen LogP contribution in [0.3, 0.4) is 0 Å². The van der Waals surface area contributed by atoms with Gasteiger partial charge in [0, 0.05) is 19.1 Å². The third kappa shape index (κ3) is 5.74. The number of rotatable bonds is 3. The Morgan fingerprint density at radius 1 is 1.16 bits per heavy atom. The van der Waals surface area contributed by atoms with Crippen LogP contribution in [-0.4, -0.2) is 55.9 Å². The number of nitrogens with one attached hydrogen (secondary N) is 1. The summed E-state index contributed by atoms with van der Waals surface area (Å²) in [5.74, 6) is -0.0536. The van der Waals surface area contributed by atoms with Gasteiger partial charge in [0.05, 0.1) is 12.7 Å². The van der Waals surface area contributed by atoms with Crippen LogP contribution >= 0.6 is 0 Å². The molecule has 25 heavy (non-hydrogen) atoms. The largest absolute Gasteiger partial charge is 0.465 e. The minimum Gasteiger partial charge on any atom is -0.465 e. The number of likely N-dealkylation sites (tertiary alicyclic amines) is 1. The van der Waals surface area contributed by atoms with Crippen molar-refractivity contribution in [3.8, 4) is 0 Å². The zero-order chi connectivity index (χ0) is 18.6. The molecule has 1 heterocycles. The van der Waals surface area contributed by atoms with Crippen molar-refractivity contribution in [3.05, 3.63) is 35.4 Å². The Morgan fingerprint density at radius 2 is 1.80 bits per heavy atom. The number of hydrogen-bond donors (Lipinski definition) is 1. The van der Waals surface area contributed by atoms with E-state index in [2.05, 4.69) is 10.2 Å². The van der Waals surface area contributed by atoms with Crippen LogP contribution in [0.5, 0.6) is 0 Å². The van der Waals surface area contributed by atoms with Crippen molar-refractivity contribution < 1.29 is 19.1 Å². The Labute approximate surface area is 149 Å². The van der Waals surface area contributed by atoms with Crippen LogP contribution < -0.4 is 5.32 Å². The molecule has 0 radical (unpaired) electrons. The summed E-state index contributed by atoms with van der Waals surface area (Å²) in [5.41, 5.74) is 1.18. The molecule has 2 atom stereocenters. The first-order valence-corrected chi connectivity index (χ1v) is 8.54. The number of likely N-dealkylation sites (N-methyl/N-ethyl adjacent to an activating group) is 1. The molecule has 1 N–H and O–H groups in total. The van der Waals surface area contributed by atoms with Crippen molar-refractivity contribution >= 4 is 12.1 Å². The van der Waals surface area contributed by atoms with Gasteiger partial charge in [0.25, 0.3) is 0 Å². The van der Waals surface area contributed by atoms with Crippen molar-refractivity contribution in [1.82, 2.24) is 10.2 Å². The smallest absolute Gasteiger partial charge is 0.407 e. The normalized spacial score (nSPS) is 21.5.